The lowest BCUT2D eigenvalue weighted by atomic mass is 9.96. The molecule has 5 nitrogen and oxygen atoms in total. The third-order valence-electron chi connectivity index (χ3n) is 4.69. The highest BCUT2D eigenvalue weighted by molar-refractivity contribution is 7.09. The average molecular weight is 406 g/mol. The van der Waals surface area contributed by atoms with Gasteiger partial charge in [0, 0.05) is 11.3 Å². The second-order valence-corrected chi connectivity index (χ2v) is 7.55. The first-order valence-corrected chi connectivity index (χ1v) is 9.57. The van der Waals surface area contributed by atoms with Crippen molar-refractivity contribution in [2.24, 2.45) is 0 Å². The molecule has 9 heteroatoms. The van der Waals surface area contributed by atoms with E-state index in [2.05, 4.69) is 15.7 Å². The highest BCUT2D eigenvalue weighted by Crippen LogP contribution is 2.44. The molecule has 3 aromatic rings. The lowest BCUT2D eigenvalue weighted by Gasteiger charge is -2.34. The number of rotatable bonds is 4. The summed E-state index contributed by atoms with van der Waals surface area (Å²) in [6.45, 7) is 0.311. The molecule has 2 unspecified atom stereocenters. The van der Waals surface area contributed by atoms with Gasteiger partial charge in [-0.1, -0.05) is 36.4 Å². The molecule has 28 heavy (non-hydrogen) atoms. The molecule has 2 N–H and O–H groups in total. The topological polar surface area (TPSA) is 59.0 Å². The van der Waals surface area contributed by atoms with E-state index in [1.54, 1.807) is 30.3 Å². The van der Waals surface area contributed by atoms with E-state index >= 15 is 0 Å². The molecule has 1 aliphatic rings. The molecule has 146 valence electrons. The van der Waals surface area contributed by atoms with E-state index < -0.39 is 24.2 Å². The van der Waals surface area contributed by atoms with Gasteiger partial charge in [0.2, 0.25) is 0 Å². The average Bonchev–Trinajstić information content (AvgIpc) is 3.35. The van der Waals surface area contributed by atoms with E-state index in [0.29, 0.717) is 6.54 Å². The summed E-state index contributed by atoms with van der Waals surface area (Å²) in [4.78, 5) is 13.5. The number of hydrogen-bond donors (Lipinski definition) is 2. The van der Waals surface area contributed by atoms with Crippen molar-refractivity contribution < 1.29 is 18.0 Å². The van der Waals surface area contributed by atoms with E-state index in [0.717, 1.165) is 15.1 Å². The van der Waals surface area contributed by atoms with Crippen LogP contribution in [0, 0.1) is 0 Å². The maximum Gasteiger partial charge on any atom is 0.410 e. The summed E-state index contributed by atoms with van der Waals surface area (Å²) in [7, 11) is 0. The second kappa shape index (κ2) is 7.31. The maximum absolute atomic E-state index is 13.7. The third-order valence-corrected chi connectivity index (χ3v) is 5.56. The number of fused-ring (bicyclic) bond motifs is 1. The van der Waals surface area contributed by atoms with Gasteiger partial charge in [0.25, 0.3) is 5.91 Å². The van der Waals surface area contributed by atoms with Crippen LogP contribution < -0.4 is 10.6 Å². The van der Waals surface area contributed by atoms with Crippen molar-refractivity contribution in [1.82, 2.24) is 15.1 Å². The molecule has 0 bridgehead atoms. The van der Waals surface area contributed by atoms with Gasteiger partial charge in [-0.05, 0) is 17.0 Å². The minimum absolute atomic E-state index is 0.0890. The van der Waals surface area contributed by atoms with Gasteiger partial charge in [-0.3, -0.25) is 4.79 Å². The number of nitrogens with zero attached hydrogens (tertiary/aromatic N) is 2. The van der Waals surface area contributed by atoms with Crippen LogP contribution in [0.25, 0.3) is 0 Å². The lowest BCUT2D eigenvalue weighted by Crippen LogP contribution is -2.36. The molecule has 4 rings (SSSR count). The summed E-state index contributed by atoms with van der Waals surface area (Å²) < 4.78 is 41.9. The number of halogens is 3. The zero-order chi connectivity index (χ0) is 19.7. The zero-order valence-electron chi connectivity index (χ0n) is 14.6. The predicted molar refractivity (Wildman–Crippen MR) is 100 cm³/mol. The third kappa shape index (κ3) is 3.62. The SMILES string of the molecule is O=C(NCc1cccs1)c1cnn2c1NC(c1ccccc1)CC2C(F)(F)F. The highest BCUT2D eigenvalue weighted by atomic mass is 32.1. The molecule has 0 spiro atoms. The molecular weight excluding hydrogens is 389 g/mol. The van der Waals surface area contributed by atoms with Crippen LogP contribution in [0.5, 0.6) is 0 Å². The Hall–Kier alpha value is -2.81. The van der Waals surface area contributed by atoms with Crippen LogP contribution in [-0.2, 0) is 6.54 Å². The largest absolute Gasteiger partial charge is 0.410 e. The summed E-state index contributed by atoms with van der Waals surface area (Å²) in [5.74, 6) is -0.372. The Balaban J connectivity index is 1.64. The van der Waals surface area contributed by atoms with Gasteiger partial charge in [0.1, 0.15) is 11.4 Å². The second-order valence-electron chi connectivity index (χ2n) is 6.51. The number of carbonyl (C=O) groups is 1. The molecule has 0 saturated carbocycles. The Kier molecular flexibility index (Phi) is 4.84. The Morgan fingerprint density at radius 3 is 2.71 bits per heavy atom. The van der Waals surface area contributed by atoms with Crippen LogP contribution in [0.15, 0.2) is 54.0 Å². The minimum Gasteiger partial charge on any atom is -0.363 e. The molecule has 0 saturated heterocycles. The summed E-state index contributed by atoms with van der Waals surface area (Å²) >= 11 is 1.49. The fourth-order valence-corrected chi connectivity index (χ4v) is 3.95. The van der Waals surface area contributed by atoms with E-state index in [1.807, 2.05) is 17.5 Å². The predicted octanol–water partition coefficient (Wildman–Crippen LogP) is 4.53. The van der Waals surface area contributed by atoms with E-state index in [4.69, 9.17) is 0 Å². The van der Waals surface area contributed by atoms with Crippen LogP contribution in [0.4, 0.5) is 19.0 Å². The van der Waals surface area contributed by atoms with Gasteiger partial charge < -0.3 is 10.6 Å². The number of aromatic nitrogens is 2. The number of alkyl halides is 3. The number of benzene rings is 1. The van der Waals surface area contributed by atoms with Gasteiger partial charge in [0.05, 0.1) is 18.8 Å². The van der Waals surface area contributed by atoms with Crippen LogP contribution in [0.3, 0.4) is 0 Å². The Morgan fingerprint density at radius 1 is 1.25 bits per heavy atom. The normalized spacial score (nSPS) is 19.0. The molecule has 0 radical (unpaired) electrons. The lowest BCUT2D eigenvalue weighted by molar-refractivity contribution is -0.173. The molecule has 0 fully saturated rings. The highest BCUT2D eigenvalue weighted by Gasteiger charge is 2.47. The molecule has 1 aliphatic heterocycles. The number of anilines is 1. The minimum atomic E-state index is -4.47. The number of amides is 1. The molecule has 1 aromatic carbocycles. The number of hydrogen-bond acceptors (Lipinski definition) is 4. The van der Waals surface area contributed by atoms with Gasteiger partial charge in [0.15, 0.2) is 6.04 Å². The zero-order valence-corrected chi connectivity index (χ0v) is 15.4. The Morgan fingerprint density at radius 2 is 2.04 bits per heavy atom. The van der Waals surface area contributed by atoms with Gasteiger partial charge in [-0.15, -0.1) is 11.3 Å². The summed E-state index contributed by atoms with van der Waals surface area (Å²) in [6, 6.07) is 10.3. The first-order chi connectivity index (χ1) is 13.4. The van der Waals surface area contributed by atoms with Crippen LogP contribution >= 0.6 is 11.3 Å². The van der Waals surface area contributed by atoms with Crippen LogP contribution in [0.2, 0.25) is 0 Å². The molecule has 3 heterocycles. The van der Waals surface area contributed by atoms with E-state index in [9.17, 15) is 18.0 Å². The first-order valence-electron chi connectivity index (χ1n) is 8.70. The fraction of sp³-hybridized carbons (Fsp3) is 0.263. The number of carbonyl (C=O) groups excluding carboxylic acids is 1. The molecule has 1 amide bonds. The van der Waals surface area contributed by atoms with Gasteiger partial charge in [-0.2, -0.15) is 18.3 Å². The monoisotopic (exact) mass is 406 g/mol. The van der Waals surface area contributed by atoms with Gasteiger partial charge >= 0.3 is 6.18 Å². The van der Waals surface area contributed by atoms with Crippen LogP contribution in [-0.4, -0.2) is 21.9 Å². The number of nitrogens with one attached hydrogen (secondary N) is 2. The van der Waals surface area contributed by atoms with E-state index in [-0.39, 0.29) is 17.8 Å². The first kappa shape index (κ1) is 18.5. The van der Waals surface area contributed by atoms with Crippen molar-refractivity contribution in [3.63, 3.8) is 0 Å². The van der Waals surface area contributed by atoms with Crippen molar-refractivity contribution in [3.05, 3.63) is 70.0 Å². The van der Waals surface area contributed by atoms with Crippen molar-refractivity contribution in [2.45, 2.75) is 31.2 Å². The maximum atomic E-state index is 13.7. The van der Waals surface area contributed by atoms with Crippen molar-refractivity contribution in [2.75, 3.05) is 5.32 Å². The van der Waals surface area contributed by atoms with E-state index in [1.165, 1.54) is 17.5 Å². The Bertz CT molecular complexity index is 953. The summed E-state index contributed by atoms with van der Waals surface area (Å²) in [5, 5.41) is 11.6. The van der Waals surface area contributed by atoms with Crippen molar-refractivity contribution >= 4 is 23.1 Å². The molecular formula is C19H17F3N4OS. The molecule has 0 aliphatic carbocycles. The van der Waals surface area contributed by atoms with Crippen molar-refractivity contribution in [1.29, 1.82) is 0 Å². The van der Waals surface area contributed by atoms with Crippen molar-refractivity contribution in [3.8, 4) is 0 Å². The van der Waals surface area contributed by atoms with Gasteiger partial charge in [-0.25, -0.2) is 4.68 Å². The number of thiophene rings is 1. The van der Waals surface area contributed by atoms with Crippen LogP contribution in [0.1, 0.15) is 39.3 Å². The molecule has 2 atom stereocenters. The smallest absolute Gasteiger partial charge is 0.363 e. The Labute approximate surface area is 163 Å². The standard InChI is InChI=1S/C19H17F3N4OS/c20-19(21,22)16-9-15(12-5-2-1-3-6-12)25-17-14(11-24-26(16)17)18(27)23-10-13-7-4-8-28-13/h1-8,11,15-16,25H,9-10H2,(H,23,27). The summed E-state index contributed by atoms with van der Waals surface area (Å²) in [6.07, 6.45) is -3.47. The quantitative estimate of drug-likeness (QED) is 0.669. The molecule has 2 aromatic heterocycles. The summed E-state index contributed by atoms with van der Waals surface area (Å²) in [5.41, 5.74) is 0.834. The fourth-order valence-electron chi connectivity index (χ4n) is 3.31.